The first-order valence-corrected chi connectivity index (χ1v) is 6.81. The van der Waals surface area contributed by atoms with Gasteiger partial charge in [0.25, 0.3) is 5.91 Å². The van der Waals surface area contributed by atoms with Crippen LogP contribution in [0.1, 0.15) is 10.5 Å². The monoisotopic (exact) mass is 290 g/mol. The van der Waals surface area contributed by atoms with E-state index in [9.17, 15) is 4.79 Å². The average Bonchev–Trinajstić information content (AvgIpc) is 2.53. The number of aryl methyl sites for hydroxylation is 1. The molecule has 0 bridgehead atoms. The van der Waals surface area contributed by atoms with Crippen LogP contribution in [0.15, 0.2) is 16.7 Å². The van der Waals surface area contributed by atoms with Gasteiger partial charge >= 0.3 is 0 Å². The molecule has 5 heteroatoms. The third kappa shape index (κ3) is 3.28. The Morgan fingerprint density at radius 1 is 1.67 bits per heavy atom. The van der Waals surface area contributed by atoms with Gasteiger partial charge in [0.15, 0.2) is 0 Å². The number of halogens is 1. The largest absolute Gasteiger partial charge is 0.345 e. The minimum atomic E-state index is 0.0669. The number of hydrogen-bond acceptors (Lipinski definition) is 2. The van der Waals surface area contributed by atoms with Gasteiger partial charge in [-0.15, -0.1) is 0 Å². The van der Waals surface area contributed by atoms with E-state index in [4.69, 9.17) is 0 Å². The van der Waals surface area contributed by atoms with E-state index in [2.05, 4.69) is 15.9 Å². The standard InChI is InChI=1S/C10H15BrN2OS/c1-12(4-5-15-3)10(14)9-6-8(11)7-13(9)2/h6-7H,4-5H2,1-3H3. The Kier molecular flexibility index (Phi) is 4.73. The Balaban J connectivity index is 2.71. The zero-order valence-corrected chi connectivity index (χ0v) is 11.6. The summed E-state index contributed by atoms with van der Waals surface area (Å²) in [4.78, 5) is 13.7. The maximum atomic E-state index is 12.0. The SMILES string of the molecule is CSCCN(C)C(=O)c1cc(Br)cn1C. The lowest BCUT2D eigenvalue weighted by molar-refractivity contribution is 0.0794. The third-order valence-electron chi connectivity index (χ3n) is 2.17. The van der Waals surface area contributed by atoms with Crippen LogP contribution in [0.3, 0.4) is 0 Å². The lowest BCUT2D eigenvalue weighted by Gasteiger charge is -2.16. The molecule has 0 aliphatic heterocycles. The summed E-state index contributed by atoms with van der Waals surface area (Å²) >= 11 is 5.10. The van der Waals surface area contributed by atoms with Crippen LogP contribution in [0.2, 0.25) is 0 Å². The fourth-order valence-corrected chi connectivity index (χ4v) is 2.24. The summed E-state index contributed by atoms with van der Waals surface area (Å²) in [5.74, 6) is 1.03. The van der Waals surface area contributed by atoms with Crippen LogP contribution in [0, 0.1) is 0 Å². The molecule has 0 unspecified atom stereocenters. The highest BCUT2D eigenvalue weighted by atomic mass is 79.9. The highest BCUT2D eigenvalue weighted by molar-refractivity contribution is 9.10. The van der Waals surface area contributed by atoms with Gasteiger partial charge in [0.2, 0.25) is 0 Å². The van der Waals surface area contributed by atoms with Crippen molar-refractivity contribution in [1.29, 1.82) is 0 Å². The molecule has 0 fully saturated rings. The van der Waals surface area contributed by atoms with Crippen molar-refractivity contribution in [1.82, 2.24) is 9.47 Å². The molecule has 0 saturated heterocycles. The molecule has 1 heterocycles. The fourth-order valence-electron chi connectivity index (χ4n) is 1.26. The number of thioether (sulfide) groups is 1. The van der Waals surface area contributed by atoms with Gasteiger partial charge in [-0.1, -0.05) is 0 Å². The topological polar surface area (TPSA) is 25.2 Å². The summed E-state index contributed by atoms with van der Waals surface area (Å²) in [5, 5.41) is 0. The maximum Gasteiger partial charge on any atom is 0.270 e. The van der Waals surface area contributed by atoms with E-state index in [1.165, 1.54) is 0 Å². The minimum Gasteiger partial charge on any atom is -0.345 e. The Labute approximate surface area is 103 Å². The molecule has 0 saturated carbocycles. The van der Waals surface area contributed by atoms with E-state index in [1.807, 2.05) is 37.2 Å². The smallest absolute Gasteiger partial charge is 0.270 e. The summed E-state index contributed by atoms with van der Waals surface area (Å²) < 4.78 is 2.77. The van der Waals surface area contributed by atoms with E-state index < -0.39 is 0 Å². The van der Waals surface area contributed by atoms with Crippen LogP contribution in [0.25, 0.3) is 0 Å². The number of aromatic nitrogens is 1. The van der Waals surface area contributed by atoms with Gasteiger partial charge in [-0.05, 0) is 28.3 Å². The van der Waals surface area contributed by atoms with Crippen molar-refractivity contribution >= 4 is 33.6 Å². The molecule has 0 radical (unpaired) electrons. The van der Waals surface area contributed by atoms with Gasteiger partial charge < -0.3 is 9.47 Å². The molecular weight excluding hydrogens is 276 g/mol. The molecule has 0 aliphatic carbocycles. The second-order valence-corrected chi connectivity index (χ2v) is 5.28. The second kappa shape index (κ2) is 5.61. The average molecular weight is 291 g/mol. The summed E-state index contributed by atoms with van der Waals surface area (Å²) in [6.07, 6.45) is 3.92. The number of nitrogens with zero attached hydrogens (tertiary/aromatic N) is 2. The lowest BCUT2D eigenvalue weighted by atomic mass is 10.3. The molecule has 0 N–H and O–H groups in total. The summed E-state index contributed by atoms with van der Waals surface area (Å²) in [5.41, 5.74) is 0.713. The number of carbonyl (C=O) groups is 1. The molecule has 0 aromatic carbocycles. The molecule has 1 aromatic heterocycles. The van der Waals surface area contributed by atoms with Gasteiger partial charge in [0.1, 0.15) is 5.69 Å². The summed E-state index contributed by atoms with van der Waals surface area (Å²) in [6.45, 7) is 0.781. The lowest BCUT2D eigenvalue weighted by Crippen LogP contribution is -2.30. The molecular formula is C10H15BrN2OS. The molecule has 15 heavy (non-hydrogen) atoms. The van der Waals surface area contributed by atoms with Gasteiger partial charge in [0.05, 0.1) is 0 Å². The first-order chi connectivity index (χ1) is 7.06. The highest BCUT2D eigenvalue weighted by Crippen LogP contribution is 2.15. The Morgan fingerprint density at radius 3 is 2.80 bits per heavy atom. The van der Waals surface area contributed by atoms with Gasteiger partial charge in [-0.3, -0.25) is 4.79 Å². The predicted molar refractivity (Wildman–Crippen MR) is 68.5 cm³/mol. The van der Waals surface area contributed by atoms with E-state index in [-0.39, 0.29) is 5.91 Å². The van der Waals surface area contributed by atoms with E-state index in [1.54, 1.807) is 16.7 Å². The van der Waals surface area contributed by atoms with Crippen molar-refractivity contribution in [2.75, 3.05) is 25.6 Å². The van der Waals surface area contributed by atoms with Crippen LogP contribution in [0.5, 0.6) is 0 Å². The van der Waals surface area contributed by atoms with Crippen LogP contribution in [-0.2, 0) is 7.05 Å². The predicted octanol–water partition coefficient (Wildman–Crippen LogP) is 2.22. The maximum absolute atomic E-state index is 12.0. The van der Waals surface area contributed by atoms with Crippen LogP contribution in [0.4, 0.5) is 0 Å². The van der Waals surface area contributed by atoms with Crippen molar-refractivity contribution in [3.8, 4) is 0 Å². The van der Waals surface area contributed by atoms with E-state index in [0.717, 1.165) is 16.8 Å². The Morgan fingerprint density at radius 2 is 2.33 bits per heavy atom. The molecule has 0 aliphatic rings. The molecule has 1 amide bonds. The van der Waals surface area contributed by atoms with Crippen LogP contribution in [-0.4, -0.2) is 41.0 Å². The van der Waals surface area contributed by atoms with Crippen molar-refractivity contribution in [2.45, 2.75) is 0 Å². The molecule has 0 atom stereocenters. The molecule has 1 rings (SSSR count). The number of rotatable bonds is 4. The third-order valence-corrected chi connectivity index (χ3v) is 3.19. The fraction of sp³-hybridized carbons (Fsp3) is 0.500. The minimum absolute atomic E-state index is 0.0669. The van der Waals surface area contributed by atoms with Crippen molar-refractivity contribution < 1.29 is 4.79 Å². The highest BCUT2D eigenvalue weighted by Gasteiger charge is 2.14. The Hall–Kier alpha value is -0.420. The first-order valence-electron chi connectivity index (χ1n) is 4.62. The molecule has 84 valence electrons. The van der Waals surface area contributed by atoms with Crippen LogP contribution < -0.4 is 0 Å². The quantitative estimate of drug-likeness (QED) is 0.850. The van der Waals surface area contributed by atoms with Gasteiger partial charge in [-0.2, -0.15) is 11.8 Å². The van der Waals surface area contributed by atoms with Crippen molar-refractivity contribution in [2.24, 2.45) is 7.05 Å². The molecule has 0 spiro atoms. The van der Waals surface area contributed by atoms with Crippen molar-refractivity contribution in [3.63, 3.8) is 0 Å². The zero-order chi connectivity index (χ0) is 11.4. The number of hydrogen-bond donors (Lipinski definition) is 0. The zero-order valence-electron chi connectivity index (χ0n) is 9.16. The first kappa shape index (κ1) is 12.6. The van der Waals surface area contributed by atoms with E-state index in [0.29, 0.717) is 5.69 Å². The Bertz CT molecular complexity index is 351. The number of amides is 1. The summed E-state index contributed by atoms with van der Waals surface area (Å²) in [6, 6.07) is 1.85. The summed E-state index contributed by atoms with van der Waals surface area (Å²) in [7, 11) is 3.71. The second-order valence-electron chi connectivity index (χ2n) is 3.37. The van der Waals surface area contributed by atoms with E-state index >= 15 is 0 Å². The van der Waals surface area contributed by atoms with Crippen LogP contribution >= 0.6 is 27.7 Å². The molecule has 1 aromatic rings. The van der Waals surface area contributed by atoms with Gasteiger partial charge in [0, 0.05) is 37.1 Å². The molecule has 3 nitrogen and oxygen atoms in total. The normalized spacial score (nSPS) is 10.4. The van der Waals surface area contributed by atoms with Gasteiger partial charge in [-0.25, -0.2) is 0 Å². The number of carbonyl (C=O) groups excluding carboxylic acids is 1. The van der Waals surface area contributed by atoms with Crippen molar-refractivity contribution in [3.05, 3.63) is 22.4 Å².